The largest absolute Gasteiger partial charge is 0.341 e. The van der Waals surface area contributed by atoms with Crippen LogP contribution in [0.25, 0.3) is 22.6 Å². The first-order valence-corrected chi connectivity index (χ1v) is 9.11. The summed E-state index contributed by atoms with van der Waals surface area (Å²) in [6, 6.07) is 17.9. The lowest BCUT2D eigenvalue weighted by Crippen LogP contribution is -1.98. The highest BCUT2D eigenvalue weighted by Crippen LogP contribution is 2.31. The molecule has 4 aromatic rings. The van der Waals surface area contributed by atoms with Gasteiger partial charge >= 0.3 is 0 Å². The van der Waals surface area contributed by atoms with Crippen molar-refractivity contribution in [3.63, 3.8) is 0 Å². The number of aromatic amines is 1. The first-order chi connectivity index (χ1) is 13.6. The van der Waals surface area contributed by atoms with Gasteiger partial charge in [-0.05, 0) is 42.5 Å². The summed E-state index contributed by atoms with van der Waals surface area (Å²) in [7, 11) is 0. The summed E-state index contributed by atoms with van der Waals surface area (Å²) in [6.45, 7) is 4.14. The molecule has 0 unspecified atom stereocenters. The summed E-state index contributed by atoms with van der Waals surface area (Å²) in [6.07, 6.45) is 1.70. The molecule has 6 heteroatoms. The monoisotopic (exact) mass is 373 g/mol. The molecular weight excluding hydrogens is 353 g/mol. The van der Waals surface area contributed by atoms with Crippen LogP contribution < -0.4 is 5.32 Å². The van der Waals surface area contributed by atoms with Crippen molar-refractivity contribution in [3.8, 4) is 22.6 Å². The van der Waals surface area contributed by atoms with Gasteiger partial charge in [-0.25, -0.2) is 19.3 Å². The predicted octanol–water partition coefficient (Wildman–Crippen LogP) is 5.54. The highest BCUT2D eigenvalue weighted by Gasteiger charge is 2.17. The fraction of sp³-hybridized carbons (Fsp3) is 0.136. The van der Waals surface area contributed by atoms with Crippen LogP contribution in [0.1, 0.15) is 25.6 Å². The van der Waals surface area contributed by atoms with E-state index in [-0.39, 0.29) is 11.7 Å². The Morgan fingerprint density at radius 1 is 0.929 bits per heavy atom. The normalized spacial score (nSPS) is 11.0. The Morgan fingerprint density at radius 3 is 2.39 bits per heavy atom. The molecule has 0 aliphatic heterocycles. The van der Waals surface area contributed by atoms with Crippen molar-refractivity contribution >= 4 is 11.6 Å². The van der Waals surface area contributed by atoms with Gasteiger partial charge in [0, 0.05) is 23.4 Å². The lowest BCUT2D eigenvalue weighted by molar-refractivity contribution is 0.628. The molecule has 0 radical (unpaired) electrons. The Kier molecular flexibility index (Phi) is 4.85. The summed E-state index contributed by atoms with van der Waals surface area (Å²) in [5, 5.41) is 3.20. The Hall–Kier alpha value is -3.54. The maximum atomic E-state index is 13.4. The standard InChI is InChI=1S/C22H20FN5/c1-14(2)21-27-19(15-8-10-16(23)11-9-15)20(28-21)18-12-13-24-22(26-18)25-17-6-4-3-5-7-17/h3-14H,1-2H3,(H,27,28)(H,24,25,26). The summed E-state index contributed by atoms with van der Waals surface area (Å²) < 4.78 is 13.4. The van der Waals surface area contributed by atoms with Gasteiger partial charge in [0.1, 0.15) is 17.3 Å². The fourth-order valence-electron chi connectivity index (χ4n) is 2.88. The quantitative estimate of drug-likeness (QED) is 0.482. The van der Waals surface area contributed by atoms with Gasteiger partial charge in [0.25, 0.3) is 0 Å². The molecular formula is C22H20FN5. The molecule has 0 saturated heterocycles. The third-order valence-corrected chi connectivity index (χ3v) is 4.33. The molecule has 0 atom stereocenters. The summed E-state index contributed by atoms with van der Waals surface area (Å²) in [4.78, 5) is 17.1. The van der Waals surface area contributed by atoms with Gasteiger partial charge in [0.2, 0.25) is 5.95 Å². The number of benzene rings is 2. The minimum absolute atomic E-state index is 0.219. The van der Waals surface area contributed by atoms with Crippen LogP contribution in [0, 0.1) is 5.82 Å². The first-order valence-electron chi connectivity index (χ1n) is 9.11. The van der Waals surface area contributed by atoms with E-state index in [4.69, 9.17) is 4.98 Å². The van der Waals surface area contributed by atoms with E-state index >= 15 is 0 Å². The van der Waals surface area contributed by atoms with Crippen LogP contribution in [0.3, 0.4) is 0 Å². The highest BCUT2D eigenvalue weighted by molar-refractivity contribution is 5.77. The Labute approximate surface area is 162 Å². The van der Waals surface area contributed by atoms with Gasteiger partial charge in [-0.1, -0.05) is 32.0 Å². The SMILES string of the molecule is CC(C)c1nc(-c2ccnc(Nc3ccccc3)n2)c(-c2ccc(F)cc2)[nH]1. The van der Waals surface area contributed by atoms with Crippen LogP contribution in [0.15, 0.2) is 66.9 Å². The molecule has 0 aliphatic carbocycles. The number of nitrogens with zero attached hydrogens (tertiary/aromatic N) is 3. The number of H-pyrrole nitrogens is 1. The molecule has 2 aromatic heterocycles. The molecule has 5 nitrogen and oxygen atoms in total. The zero-order chi connectivity index (χ0) is 19.5. The van der Waals surface area contributed by atoms with Crippen molar-refractivity contribution < 1.29 is 4.39 Å². The average molecular weight is 373 g/mol. The van der Waals surface area contributed by atoms with Gasteiger partial charge in [0.15, 0.2) is 0 Å². The number of imidazole rings is 1. The Balaban J connectivity index is 1.76. The van der Waals surface area contributed by atoms with E-state index in [1.165, 1.54) is 12.1 Å². The zero-order valence-electron chi connectivity index (χ0n) is 15.6. The van der Waals surface area contributed by atoms with Gasteiger partial charge in [-0.2, -0.15) is 0 Å². The second kappa shape index (κ2) is 7.60. The number of halogens is 1. The number of rotatable bonds is 5. The fourth-order valence-corrected chi connectivity index (χ4v) is 2.88. The number of hydrogen-bond donors (Lipinski definition) is 2. The molecule has 0 aliphatic rings. The third-order valence-electron chi connectivity index (χ3n) is 4.33. The van der Waals surface area contributed by atoms with Crippen LogP contribution in [0.2, 0.25) is 0 Å². The number of aromatic nitrogens is 4. The molecule has 0 fully saturated rings. The number of anilines is 2. The van der Waals surface area contributed by atoms with E-state index in [2.05, 4.69) is 34.1 Å². The molecule has 140 valence electrons. The number of hydrogen-bond acceptors (Lipinski definition) is 4. The molecule has 2 aromatic carbocycles. The van der Waals surface area contributed by atoms with Crippen LogP contribution in [-0.2, 0) is 0 Å². The van der Waals surface area contributed by atoms with Crippen molar-refractivity contribution in [3.05, 3.63) is 78.5 Å². The Bertz CT molecular complexity index is 1070. The average Bonchev–Trinajstić information content (AvgIpc) is 3.15. The van der Waals surface area contributed by atoms with Gasteiger partial charge in [0.05, 0.1) is 11.4 Å². The van der Waals surface area contributed by atoms with Gasteiger partial charge in [-0.3, -0.25) is 0 Å². The zero-order valence-corrected chi connectivity index (χ0v) is 15.6. The second-order valence-corrected chi connectivity index (χ2v) is 6.76. The van der Waals surface area contributed by atoms with Gasteiger partial charge in [-0.15, -0.1) is 0 Å². The van der Waals surface area contributed by atoms with Crippen molar-refractivity contribution in [2.75, 3.05) is 5.32 Å². The smallest absolute Gasteiger partial charge is 0.227 e. The van der Waals surface area contributed by atoms with E-state index in [1.54, 1.807) is 18.3 Å². The number of nitrogens with one attached hydrogen (secondary N) is 2. The lowest BCUT2D eigenvalue weighted by Gasteiger charge is -2.07. The van der Waals surface area contributed by atoms with E-state index in [0.717, 1.165) is 22.8 Å². The van der Waals surface area contributed by atoms with Crippen molar-refractivity contribution in [2.45, 2.75) is 19.8 Å². The lowest BCUT2D eigenvalue weighted by atomic mass is 10.1. The van der Waals surface area contributed by atoms with E-state index in [9.17, 15) is 4.39 Å². The Morgan fingerprint density at radius 2 is 1.68 bits per heavy atom. The molecule has 0 bridgehead atoms. The number of para-hydroxylation sites is 1. The van der Waals surface area contributed by atoms with Crippen molar-refractivity contribution in [1.29, 1.82) is 0 Å². The van der Waals surface area contributed by atoms with Crippen LogP contribution >= 0.6 is 0 Å². The van der Waals surface area contributed by atoms with Gasteiger partial charge < -0.3 is 10.3 Å². The highest BCUT2D eigenvalue weighted by atomic mass is 19.1. The first kappa shape index (κ1) is 17.9. The van der Waals surface area contributed by atoms with Crippen molar-refractivity contribution in [2.24, 2.45) is 0 Å². The summed E-state index contributed by atoms with van der Waals surface area (Å²) in [5.41, 5.74) is 3.98. The predicted molar refractivity (Wildman–Crippen MR) is 109 cm³/mol. The summed E-state index contributed by atoms with van der Waals surface area (Å²) in [5.74, 6) is 1.29. The minimum atomic E-state index is -0.273. The third kappa shape index (κ3) is 3.76. The van der Waals surface area contributed by atoms with Crippen LogP contribution in [0.5, 0.6) is 0 Å². The molecule has 2 heterocycles. The molecule has 4 rings (SSSR count). The molecule has 28 heavy (non-hydrogen) atoms. The van der Waals surface area contributed by atoms with E-state index in [0.29, 0.717) is 17.3 Å². The minimum Gasteiger partial charge on any atom is -0.341 e. The molecule has 2 N–H and O–H groups in total. The molecule has 0 amide bonds. The van der Waals surface area contributed by atoms with Crippen LogP contribution in [-0.4, -0.2) is 19.9 Å². The maximum absolute atomic E-state index is 13.4. The molecule has 0 spiro atoms. The topological polar surface area (TPSA) is 66.5 Å². The van der Waals surface area contributed by atoms with E-state index in [1.807, 2.05) is 36.4 Å². The summed E-state index contributed by atoms with van der Waals surface area (Å²) >= 11 is 0. The van der Waals surface area contributed by atoms with E-state index < -0.39 is 0 Å². The maximum Gasteiger partial charge on any atom is 0.227 e. The second-order valence-electron chi connectivity index (χ2n) is 6.76. The van der Waals surface area contributed by atoms with Crippen LogP contribution in [0.4, 0.5) is 16.0 Å². The van der Waals surface area contributed by atoms with Crippen molar-refractivity contribution in [1.82, 2.24) is 19.9 Å². The molecule has 0 saturated carbocycles.